The number of hydrogen-bond donors (Lipinski definition) is 1. The van der Waals surface area contributed by atoms with Crippen LogP contribution in [0.25, 0.3) is 33.8 Å². The molecule has 0 spiro atoms. The predicted molar refractivity (Wildman–Crippen MR) is 108 cm³/mol. The normalized spacial score (nSPS) is 14.9. The number of imidazole rings is 1. The number of nitrogens with zero attached hydrogens (tertiary/aromatic N) is 4. The fourth-order valence-corrected chi connectivity index (χ4v) is 3.66. The average Bonchev–Trinajstić information content (AvgIpc) is 3.18. The number of aromatic nitrogens is 5. The lowest BCUT2D eigenvalue weighted by Gasteiger charge is -2.22. The minimum atomic E-state index is -0.308. The van der Waals surface area contributed by atoms with Gasteiger partial charge >= 0.3 is 0 Å². The van der Waals surface area contributed by atoms with Crippen LogP contribution in [0.4, 0.5) is 4.39 Å². The molecule has 1 aliphatic rings. The van der Waals surface area contributed by atoms with Crippen LogP contribution in [0, 0.1) is 5.82 Å². The number of aromatic amines is 1. The van der Waals surface area contributed by atoms with Gasteiger partial charge in [0.25, 0.3) is 0 Å². The van der Waals surface area contributed by atoms with Crippen molar-refractivity contribution in [3.8, 4) is 28.7 Å². The predicted octanol–water partition coefficient (Wildman–Crippen LogP) is 4.93. The smallest absolute Gasteiger partial charge is 0.213 e. The molecule has 1 fully saturated rings. The van der Waals surface area contributed by atoms with Gasteiger partial charge < -0.3 is 9.72 Å². The van der Waals surface area contributed by atoms with Crippen LogP contribution in [-0.4, -0.2) is 31.0 Å². The molecule has 1 N–H and O–H groups in total. The Morgan fingerprint density at radius 1 is 0.897 bits per heavy atom. The van der Waals surface area contributed by atoms with Gasteiger partial charge in [-0.05, 0) is 49.9 Å². The summed E-state index contributed by atoms with van der Waals surface area (Å²) in [7, 11) is 0. The Morgan fingerprint density at radius 3 is 2.48 bits per heavy atom. The number of H-pyrrole nitrogens is 1. The fraction of sp³-hybridized carbons (Fsp3) is 0.273. The minimum absolute atomic E-state index is 0.276. The number of rotatable bonds is 4. The molecule has 1 aromatic carbocycles. The summed E-state index contributed by atoms with van der Waals surface area (Å²) in [6, 6.07) is 8.26. The number of hydrogen-bond acceptors (Lipinski definition) is 5. The van der Waals surface area contributed by atoms with Crippen molar-refractivity contribution in [2.24, 2.45) is 0 Å². The van der Waals surface area contributed by atoms with Gasteiger partial charge in [0, 0.05) is 17.8 Å². The third-order valence-electron chi connectivity index (χ3n) is 5.21. The molecule has 3 heterocycles. The SMILES string of the molecule is Fc1ccc2nc(-c3cnc(-c4ccc(OC5CCCCC5)nc4)cn3)[nH]c2c1. The zero-order valence-electron chi connectivity index (χ0n) is 15.8. The summed E-state index contributed by atoms with van der Waals surface area (Å²) < 4.78 is 19.3. The standard InChI is InChI=1S/C22H20FN5O/c23-15-7-8-17-18(10-15)28-22(27-17)20-13-24-19(12-25-20)14-6-9-21(26-11-14)29-16-4-2-1-3-5-16/h6-13,16H,1-5H2,(H,27,28). The number of pyridine rings is 1. The maximum atomic E-state index is 13.4. The third-order valence-corrected chi connectivity index (χ3v) is 5.21. The zero-order chi connectivity index (χ0) is 19.6. The van der Waals surface area contributed by atoms with Gasteiger partial charge in [0.15, 0.2) is 5.82 Å². The summed E-state index contributed by atoms with van der Waals surface area (Å²) >= 11 is 0. The van der Waals surface area contributed by atoms with Gasteiger partial charge in [0.1, 0.15) is 17.6 Å². The number of halogens is 1. The molecule has 6 nitrogen and oxygen atoms in total. The Balaban J connectivity index is 1.32. The molecule has 3 aromatic heterocycles. The van der Waals surface area contributed by atoms with Crippen LogP contribution in [0.2, 0.25) is 0 Å². The van der Waals surface area contributed by atoms with E-state index >= 15 is 0 Å². The summed E-state index contributed by atoms with van der Waals surface area (Å²) in [6.07, 6.45) is 11.3. The molecule has 0 amide bonds. The van der Waals surface area contributed by atoms with Crippen LogP contribution >= 0.6 is 0 Å². The van der Waals surface area contributed by atoms with Crippen molar-refractivity contribution in [3.05, 3.63) is 54.7 Å². The Labute approximate surface area is 167 Å². The Hall–Kier alpha value is -3.35. The Morgan fingerprint density at radius 2 is 1.72 bits per heavy atom. The van der Waals surface area contributed by atoms with E-state index in [0.717, 1.165) is 18.4 Å². The molecule has 4 aromatic rings. The molecule has 1 saturated carbocycles. The van der Waals surface area contributed by atoms with Gasteiger partial charge in [-0.3, -0.25) is 4.98 Å². The van der Waals surface area contributed by atoms with E-state index in [1.54, 1.807) is 24.7 Å². The number of fused-ring (bicyclic) bond motifs is 1. The second-order valence-electron chi connectivity index (χ2n) is 7.30. The molecule has 7 heteroatoms. The van der Waals surface area contributed by atoms with Crippen LogP contribution < -0.4 is 4.74 Å². The van der Waals surface area contributed by atoms with Crippen LogP contribution in [0.1, 0.15) is 32.1 Å². The Bertz CT molecular complexity index is 1120. The van der Waals surface area contributed by atoms with Crippen molar-refractivity contribution in [2.75, 3.05) is 0 Å². The Kier molecular flexibility index (Phi) is 4.63. The summed E-state index contributed by atoms with van der Waals surface area (Å²) in [5.74, 6) is 0.899. The van der Waals surface area contributed by atoms with Crippen molar-refractivity contribution in [1.29, 1.82) is 0 Å². The quantitative estimate of drug-likeness (QED) is 0.535. The van der Waals surface area contributed by atoms with E-state index in [1.165, 1.54) is 31.4 Å². The van der Waals surface area contributed by atoms with Gasteiger partial charge in [-0.1, -0.05) is 6.42 Å². The van der Waals surface area contributed by atoms with Gasteiger partial charge in [0.2, 0.25) is 5.88 Å². The van der Waals surface area contributed by atoms with Crippen molar-refractivity contribution >= 4 is 11.0 Å². The van der Waals surface area contributed by atoms with E-state index in [2.05, 4.69) is 24.9 Å². The monoisotopic (exact) mass is 389 g/mol. The van der Waals surface area contributed by atoms with Gasteiger partial charge in [-0.25, -0.2) is 19.3 Å². The molecule has 0 aliphatic heterocycles. The lowest BCUT2D eigenvalue weighted by Crippen LogP contribution is -2.20. The maximum Gasteiger partial charge on any atom is 0.213 e. The highest BCUT2D eigenvalue weighted by Crippen LogP contribution is 2.25. The fourth-order valence-electron chi connectivity index (χ4n) is 3.66. The van der Waals surface area contributed by atoms with E-state index in [9.17, 15) is 4.39 Å². The van der Waals surface area contributed by atoms with Crippen LogP contribution in [-0.2, 0) is 0 Å². The first kappa shape index (κ1) is 17.7. The van der Waals surface area contributed by atoms with Crippen molar-refractivity contribution < 1.29 is 9.13 Å². The number of ether oxygens (including phenoxy) is 1. The molecule has 29 heavy (non-hydrogen) atoms. The van der Waals surface area contributed by atoms with Crippen molar-refractivity contribution in [2.45, 2.75) is 38.2 Å². The van der Waals surface area contributed by atoms with E-state index < -0.39 is 0 Å². The highest BCUT2D eigenvalue weighted by atomic mass is 19.1. The van der Waals surface area contributed by atoms with E-state index in [0.29, 0.717) is 34.1 Å². The van der Waals surface area contributed by atoms with E-state index in [1.807, 2.05) is 12.1 Å². The molecular formula is C22H20FN5O. The molecule has 5 rings (SSSR count). The number of nitrogens with one attached hydrogen (secondary N) is 1. The minimum Gasteiger partial charge on any atom is -0.474 e. The zero-order valence-corrected chi connectivity index (χ0v) is 15.8. The third kappa shape index (κ3) is 3.81. The number of benzene rings is 1. The van der Waals surface area contributed by atoms with E-state index in [-0.39, 0.29) is 11.9 Å². The average molecular weight is 389 g/mol. The molecule has 0 radical (unpaired) electrons. The lowest BCUT2D eigenvalue weighted by atomic mass is 9.98. The maximum absolute atomic E-state index is 13.4. The highest BCUT2D eigenvalue weighted by molar-refractivity contribution is 5.78. The van der Waals surface area contributed by atoms with Gasteiger partial charge in [-0.15, -0.1) is 0 Å². The molecule has 0 bridgehead atoms. The van der Waals surface area contributed by atoms with Gasteiger partial charge in [0.05, 0.1) is 29.1 Å². The summed E-state index contributed by atoms with van der Waals surface area (Å²) in [5, 5.41) is 0. The topological polar surface area (TPSA) is 76.6 Å². The highest BCUT2D eigenvalue weighted by Gasteiger charge is 2.15. The molecule has 0 saturated heterocycles. The first-order valence-corrected chi connectivity index (χ1v) is 9.85. The first-order chi connectivity index (χ1) is 14.2. The molecule has 0 unspecified atom stereocenters. The first-order valence-electron chi connectivity index (χ1n) is 9.85. The largest absolute Gasteiger partial charge is 0.474 e. The molecule has 0 atom stereocenters. The van der Waals surface area contributed by atoms with Gasteiger partial charge in [-0.2, -0.15) is 0 Å². The van der Waals surface area contributed by atoms with E-state index in [4.69, 9.17) is 4.74 Å². The van der Waals surface area contributed by atoms with Crippen LogP contribution in [0.15, 0.2) is 48.9 Å². The van der Waals surface area contributed by atoms with Crippen LogP contribution in [0.3, 0.4) is 0 Å². The second-order valence-corrected chi connectivity index (χ2v) is 7.30. The summed E-state index contributed by atoms with van der Waals surface area (Å²) in [5.41, 5.74) is 3.49. The van der Waals surface area contributed by atoms with Crippen molar-refractivity contribution in [3.63, 3.8) is 0 Å². The molecule has 146 valence electrons. The summed E-state index contributed by atoms with van der Waals surface area (Å²) in [6.45, 7) is 0. The van der Waals surface area contributed by atoms with Crippen LogP contribution in [0.5, 0.6) is 5.88 Å². The lowest BCUT2D eigenvalue weighted by molar-refractivity contribution is 0.148. The molecular weight excluding hydrogens is 369 g/mol. The van der Waals surface area contributed by atoms with Crippen molar-refractivity contribution in [1.82, 2.24) is 24.9 Å². The molecule has 1 aliphatic carbocycles. The second kappa shape index (κ2) is 7.58. The summed E-state index contributed by atoms with van der Waals surface area (Å²) in [4.78, 5) is 20.9.